The zero-order valence-electron chi connectivity index (χ0n) is 12.8. The quantitative estimate of drug-likeness (QED) is 0.575. The van der Waals surface area contributed by atoms with E-state index in [9.17, 15) is 0 Å². The summed E-state index contributed by atoms with van der Waals surface area (Å²) in [6.45, 7) is 8.22. The standard InChI is InChI=1S/C20H26/c1-4-6-17(7-5-2)19-12-14-20(15-13-19)18-10-8-16(3)9-11-18/h4-7,12-16,18H,1,8-11H2,2-3H3/b7-5-,17-6+. The van der Waals surface area contributed by atoms with Crippen molar-refractivity contribution in [1.29, 1.82) is 0 Å². The fourth-order valence-corrected chi connectivity index (χ4v) is 3.10. The van der Waals surface area contributed by atoms with Gasteiger partial charge in [-0.05, 0) is 48.3 Å². The van der Waals surface area contributed by atoms with Crippen LogP contribution in [0.1, 0.15) is 56.6 Å². The topological polar surface area (TPSA) is 0 Å². The van der Waals surface area contributed by atoms with E-state index in [0.29, 0.717) is 0 Å². The Hall–Kier alpha value is -1.56. The van der Waals surface area contributed by atoms with Crippen LogP contribution in [-0.2, 0) is 0 Å². The first-order chi connectivity index (χ1) is 9.74. The normalized spacial score (nSPS) is 24.0. The Kier molecular flexibility index (Phi) is 5.40. The van der Waals surface area contributed by atoms with Crippen molar-refractivity contribution in [2.75, 3.05) is 0 Å². The van der Waals surface area contributed by atoms with Gasteiger partial charge in [0.1, 0.15) is 0 Å². The van der Waals surface area contributed by atoms with Crippen LogP contribution in [0.3, 0.4) is 0 Å². The highest BCUT2D eigenvalue weighted by Gasteiger charge is 2.19. The van der Waals surface area contributed by atoms with E-state index in [1.807, 2.05) is 6.08 Å². The largest absolute Gasteiger partial charge is 0.0990 e. The third kappa shape index (κ3) is 3.72. The summed E-state index contributed by atoms with van der Waals surface area (Å²) >= 11 is 0. The fraction of sp³-hybridized carbons (Fsp3) is 0.400. The molecule has 1 fully saturated rings. The molecule has 0 N–H and O–H groups in total. The molecule has 1 aromatic rings. The molecule has 0 radical (unpaired) electrons. The van der Waals surface area contributed by atoms with Crippen molar-refractivity contribution in [3.63, 3.8) is 0 Å². The lowest BCUT2D eigenvalue weighted by molar-refractivity contribution is 0.348. The van der Waals surface area contributed by atoms with Crippen LogP contribution in [0.15, 0.2) is 55.1 Å². The van der Waals surface area contributed by atoms with Gasteiger partial charge in [-0.25, -0.2) is 0 Å². The van der Waals surface area contributed by atoms with Gasteiger partial charge in [-0.2, -0.15) is 0 Å². The van der Waals surface area contributed by atoms with E-state index in [2.05, 4.69) is 62.9 Å². The van der Waals surface area contributed by atoms with Gasteiger partial charge in [-0.3, -0.25) is 0 Å². The van der Waals surface area contributed by atoms with Crippen LogP contribution < -0.4 is 0 Å². The minimum atomic E-state index is 0.772. The average Bonchev–Trinajstić information content (AvgIpc) is 2.48. The van der Waals surface area contributed by atoms with E-state index >= 15 is 0 Å². The number of allylic oxidation sites excluding steroid dienone is 5. The maximum Gasteiger partial charge on any atom is -0.0162 e. The number of hydrogen-bond donors (Lipinski definition) is 0. The molecule has 1 aromatic carbocycles. The number of benzene rings is 1. The van der Waals surface area contributed by atoms with Crippen LogP contribution in [0.2, 0.25) is 0 Å². The highest BCUT2D eigenvalue weighted by Crippen LogP contribution is 2.35. The van der Waals surface area contributed by atoms with Crippen LogP contribution >= 0.6 is 0 Å². The SMILES string of the molecule is C=C/C=C(\C=C/C)c1ccc(C2CCC(C)CC2)cc1. The summed E-state index contributed by atoms with van der Waals surface area (Å²) in [4.78, 5) is 0. The minimum absolute atomic E-state index is 0.772. The molecule has 0 aromatic heterocycles. The Morgan fingerprint density at radius 1 is 1.10 bits per heavy atom. The van der Waals surface area contributed by atoms with Gasteiger partial charge in [0.25, 0.3) is 0 Å². The maximum absolute atomic E-state index is 3.80. The minimum Gasteiger partial charge on any atom is -0.0990 e. The molecule has 106 valence electrons. The third-order valence-corrected chi connectivity index (χ3v) is 4.37. The van der Waals surface area contributed by atoms with Crippen molar-refractivity contribution in [3.8, 4) is 0 Å². The van der Waals surface area contributed by atoms with E-state index in [4.69, 9.17) is 0 Å². The molecule has 0 spiro atoms. The lowest BCUT2D eigenvalue weighted by Crippen LogP contribution is -2.10. The van der Waals surface area contributed by atoms with Crippen LogP contribution in [0.4, 0.5) is 0 Å². The van der Waals surface area contributed by atoms with Gasteiger partial charge in [-0.1, -0.05) is 74.9 Å². The number of rotatable bonds is 4. The van der Waals surface area contributed by atoms with Crippen molar-refractivity contribution >= 4 is 5.57 Å². The molecule has 0 amide bonds. The Morgan fingerprint density at radius 3 is 2.30 bits per heavy atom. The van der Waals surface area contributed by atoms with Gasteiger partial charge in [-0.15, -0.1) is 0 Å². The smallest absolute Gasteiger partial charge is 0.0162 e. The molecule has 0 bridgehead atoms. The van der Waals surface area contributed by atoms with E-state index in [0.717, 1.165) is 11.8 Å². The highest BCUT2D eigenvalue weighted by atomic mass is 14.2. The van der Waals surface area contributed by atoms with Gasteiger partial charge in [0.2, 0.25) is 0 Å². The summed E-state index contributed by atoms with van der Waals surface area (Å²) in [6.07, 6.45) is 13.6. The van der Waals surface area contributed by atoms with Crippen molar-refractivity contribution in [1.82, 2.24) is 0 Å². The van der Waals surface area contributed by atoms with Gasteiger partial charge < -0.3 is 0 Å². The zero-order valence-corrected chi connectivity index (χ0v) is 12.8. The average molecular weight is 266 g/mol. The Morgan fingerprint density at radius 2 is 1.75 bits per heavy atom. The maximum atomic E-state index is 3.80. The van der Waals surface area contributed by atoms with E-state index < -0.39 is 0 Å². The van der Waals surface area contributed by atoms with Gasteiger partial charge in [0.05, 0.1) is 0 Å². The van der Waals surface area contributed by atoms with Gasteiger partial charge in [0, 0.05) is 0 Å². The van der Waals surface area contributed by atoms with E-state index in [-0.39, 0.29) is 0 Å². The molecular formula is C20H26. The molecule has 1 saturated carbocycles. The van der Waals surface area contributed by atoms with Crippen molar-refractivity contribution in [2.45, 2.75) is 45.4 Å². The van der Waals surface area contributed by atoms with Gasteiger partial charge in [0.15, 0.2) is 0 Å². The Balaban J connectivity index is 2.13. The highest BCUT2D eigenvalue weighted by molar-refractivity contribution is 5.75. The lowest BCUT2D eigenvalue weighted by atomic mass is 9.79. The van der Waals surface area contributed by atoms with Crippen molar-refractivity contribution in [2.24, 2.45) is 5.92 Å². The molecule has 2 rings (SSSR count). The first-order valence-electron chi connectivity index (χ1n) is 7.80. The monoisotopic (exact) mass is 266 g/mol. The predicted octanol–water partition coefficient (Wildman–Crippen LogP) is 6.13. The van der Waals surface area contributed by atoms with Crippen molar-refractivity contribution < 1.29 is 0 Å². The van der Waals surface area contributed by atoms with E-state index in [1.54, 1.807) is 0 Å². The Labute approximate surface area is 123 Å². The number of hydrogen-bond acceptors (Lipinski definition) is 0. The van der Waals surface area contributed by atoms with Crippen LogP contribution in [0, 0.1) is 5.92 Å². The molecule has 1 aliphatic carbocycles. The second-order valence-electron chi connectivity index (χ2n) is 5.94. The summed E-state index contributed by atoms with van der Waals surface area (Å²) in [6, 6.07) is 9.14. The molecule has 0 atom stereocenters. The lowest BCUT2D eigenvalue weighted by Gasteiger charge is -2.26. The van der Waals surface area contributed by atoms with Crippen LogP contribution in [-0.4, -0.2) is 0 Å². The van der Waals surface area contributed by atoms with Crippen LogP contribution in [0.25, 0.3) is 5.57 Å². The second-order valence-corrected chi connectivity index (χ2v) is 5.94. The molecule has 0 heterocycles. The molecule has 0 unspecified atom stereocenters. The molecule has 20 heavy (non-hydrogen) atoms. The molecular weight excluding hydrogens is 240 g/mol. The third-order valence-electron chi connectivity index (χ3n) is 4.37. The van der Waals surface area contributed by atoms with Crippen molar-refractivity contribution in [3.05, 3.63) is 66.3 Å². The molecule has 0 saturated heterocycles. The summed E-state index contributed by atoms with van der Waals surface area (Å²) in [5, 5.41) is 0. The first-order valence-corrected chi connectivity index (χ1v) is 7.80. The first kappa shape index (κ1) is 14.8. The predicted molar refractivity (Wildman–Crippen MR) is 89.8 cm³/mol. The van der Waals surface area contributed by atoms with E-state index in [1.165, 1.54) is 42.4 Å². The van der Waals surface area contributed by atoms with Crippen LogP contribution in [0.5, 0.6) is 0 Å². The second kappa shape index (κ2) is 7.28. The van der Waals surface area contributed by atoms with Gasteiger partial charge >= 0.3 is 0 Å². The summed E-state index contributed by atoms with van der Waals surface area (Å²) in [5.41, 5.74) is 4.02. The zero-order chi connectivity index (χ0) is 14.4. The summed E-state index contributed by atoms with van der Waals surface area (Å²) in [7, 11) is 0. The molecule has 0 nitrogen and oxygen atoms in total. The Bertz CT molecular complexity index is 479. The molecule has 1 aliphatic rings. The summed E-state index contributed by atoms with van der Waals surface area (Å²) < 4.78 is 0. The fourth-order valence-electron chi connectivity index (χ4n) is 3.10. The molecule has 0 aliphatic heterocycles. The molecule has 0 heteroatoms. The summed E-state index contributed by atoms with van der Waals surface area (Å²) in [5.74, 6) is 1.69.